The van der Waals surface area contributed by atoms with Crippen LogP contribution in [0.1, 0.15) is 12.5 Å². The van der Waals surface area contributed by atoms with E-state index in [-0.39, 0.29) is 16.0 Å². The van der Waals surface area contributed by atoms with Gasteiger partial charge in [0.1, 0.15) is 10.7 Å². The molecule has 1 aliphatic rings. The number of benzene rings is 2. The van der Waals surface area contributed by atoms with Crippen molar-refractivity contribution in [3.8, 4) is 0 Å². The molecule has 1 atom stereocenters. The van der Waals surface area contributed by atoms with Gasteiger partial charge >= 0.3 is 0 Å². The average Bonchev–Trinajstić information content (AvgIpc) is 2.74. The Morgan fingerprint density at radius 2 is 1.95 bits per heavy atom. The minimum absolute atomic E-state index is 0.0749. The smallest absolute Gasteiger partial charge is 0.263 e. The topological polar surface area (TPSA) is 37.4 Å². The number of sulfonamides is 1. The van der Waals surface area contributed by atoms with Crippen LogP contribution >= 0.6 is 11.6 Å². The molecule has 0 N–H and O–H groups in total. The number of fused-ring (bicyclic) bond motifs is 1. The van der Waals surface area contributed by atoms with E-state index in [0.29, 0.717) is 12.1 Å². The quantitative estimate of drug-likeness (QED) is 0.845. The predicted octanol–water partition coefficient (Wildman–Crippen LogP) is 3.62. The van der Waals surface area contributed by atoms with Gasteiger partial charge in [-0.15, -0.1) is 0 Å². The van der Waals surface area contributed by atoms with E-state index in [1.807, 2.05) is 19.1 Å². The molecule has 0 fully saturated rings. The van der Waals surface area contributed by atoms with Gasteiger partial charge in [0.05, 0.1) is 10.7 Å². The van der Waals surface area contributed by atoms with Crippen molar-refractivity contribution in [2.75, 3.05) is 4.31 Å². The first-order chi connectivity index (χ1) is 9.91. The van der Waals surface area contributed by atoms with Crippen LogP contribution in [0.15, 0.2) is 47.4 Å². The molecule has 1 unspecified atom stereocenters. The van der Waals surface area contributed by atoms with Crippen molar-refractivity contribution in [3.63, 3.8) is 0 Å². The lowest BCUT2D eigenvalue weighted by Crippen LogP contribution is -2.35. The lowest BCUT2D eigenvalue weighted by atomic mass is 10.1. The van der Waals surface area contributed by atoms with Gasteiger partial charge in [0.2, 0.25) is 0 Å². The summed E-state index contributed by atoms with van der Waals surface area (Å²) in [5.41, 5.74) is 1.64. The van der Waals surface area contributed by atoms with E-state index >= 15 is 0 Å². The molecule has 3 nitrogen and oxygen atoms in total. The SMILES string of the molecule is CC1Cc2ccccc2N1S(=O)(=O)c1ccc(F)cc1Cl. The van der Waals surface area contributed by atoms with Crippen LogP contribution in [-0.4, -0.2) is 14.5 Å². The second-order valence-corrected chi connectivity index (χ2v) is 7.25. The summed E-state index contributed by atoms with van der Waals surface area (Å²) in [6.07, 6.45) is 0.647. The van der Waals surface area contributed by atoms with Gasteiger partial charge in [0.25, 0.3) is 10.0 Å². The molecule has 0 saturated carbocycles. The zero-order valence-corrected chi connectivity index (χ0v) is 12.8. The molecule has 2 aromatic rings. The average molecular weight is 326 g/mol. The van der Waals surface area contributed by atoms with Crippen LogP contribution < -0.4 is 4.31 Å². The third kappa shape index (κ3) is 2.30. The van der Waals surface area contributed by atoms with E-state index in [1.54, 1.807) is 12.1 Å². The Hall–Kier alpha value is -1.59. The fraction of sp³-hybridized carbons (Fsp3) is 0.200. The number of hydrogen-bond donors (Lipinski definition) is 0. The van der Waals surface area contributed by atoms with E-state index < -0.39 is 15.8 Å². The molecule has 1 heterocycles. The van der Waals surface area contributed by atoms with Crippen LogP contribution in [-0.2, 0) is 16.4 Å². The summed E-state index contributed by atoms with van der Waals surface area (Å²) < 4.78 is 40.2. The van der Waals surface area contributed by atoms with E-state index in [1.165, 1.54) is 10.4 Å². The molecule has 0 bridgehead atoms. The van der Waals surface area contributed by atoms with E-state index in [9.17, 15) is 12.8 Å². The first-order valence-corrected chi connectivity index (χ1v) is 8.30. The fourth-order valence-electron chi connectivity index (χ4n) is 2.69. The number of para-hydroxylation sites is 1. The van der Waals surface area contributed by atoms with E-state index in [2.05, 4.69) is 0 Å². The molecule has 0 amide bonds. The number of anilines is 1. The highest BCUT2D eigenvalue weighted by molar-refractivity contribution is 7.93. The molecular formula is C15H13ClFNO2S. The summed E-state index contributed by atoms with van der Waals surface area (Å²) in [6, 6.07) is 10.5. The Morgan fingerprint density at radius 3 is 2.67 bits per heavy atom. The zero-order valence-electron chi connectivity index (χ0n) is 11.3. The molecule has 1 aliphatic heterocycles. The summed E-state index contributed by atoms with van der Waals surface area (Å²) in [5.74, 6) is -0.561. The highest BCUT2D eigenvalue weighted by Crippen LogP contribution is 2.38. The molecular weight excluding hydrogens is 313 g/mol. The largest absolute Gasteiger partial charge is 0.266 e. The highest BCUT2D eigenvalue weighted by Gasteiger charge is 2.36. The van der Waals surface area contributed by atoms with Crippen LogP contribution in [0, 0.1) is 5.82 Å². The van der Waals surface area contributed by atoms with Gasteiger partial charge in [-0.2, -0.15) is 0 Å². The second-order valence-electron chi connectivity index (χ2n) is 5.06. The Kier molecular flexibility index (Phi) is 3.42. The molecule has 0 saturated heterocycles. The maximum Gasteiger partial charge on any atom is 0.266 e. The van der Waals surface area contributed by atoms with Crippen molar-refractivity contribution >= 4 is 27.3 Å². The molecule has 0 aromatic heterocycles. The van der Waals surface area contributed by atoms with E-state index in [4.69, 9.17) is 11.6 Å². The Balaban J connectivity index is 2.15. The van der Waals surface area contributed by atoms with Crippen molar-refractivity contribution in [1.82, 2.24) is 0 Å². The van der Waals surface area contributed by atoms with Crippen LogP contribution in [0.2, 0.25) is 5.02 Å². The summed E-state index contributed by atoms with van der Waals surface area (Å²) in [5, 5.41) is -0.105. The minimum atomic E-state index is -3.81. The normalized spacial score (nSPS) is 17.9. The molecule has 0 spiro atoms. The van der Waals surface area contributed by atoms with Crippen LogP contribution in [0.5, 0.6) is 0 Å². The third-order valence-electron chi connectivity index (χ3n) is 3.58. The Morgan fingerprint density at radius 1 is 1.24 bits per heavy atom. The summed E-state index contributed by atoms with van der Waals surface area (Å²) in [6.45, 7) is 1.84. The van der Waals surface area contributed by atoms with Gasteiger partial charge in [-0.3, -0.25) is 4.31 Å². The van der Waals surface area contributed by atoms with Crippen LogP contribution in [0.3, 0.4) is 0 Å². The molecule has 2 aromatic carbocycles. The first-order valence-electron chi connectivity index (χ1n) is 6.48. The predicted molar refractivity (Wildman–Crippen MR) is 80.7 cm³/mol. The molecule has 21 heavy (non-hydrogen) atoms. The number of halogens is 2. The summed E-state index contributed by atoms with van der Waals surface area (Å²) >= 11 is 5.92. The summed E-state index contributed by atoms with van der Waals surface area (Å²) in [7, 11) is -3.81. The number of hydrogen-bond acceptors (Lipinski definition) is 2. The van der Waals surface area contributed by atoms with Crippen LogP contribution in [0.4, 0.5) is 10.1 Å². The van der Waals surface area contributed by atoms with Crippen molar-refractivity contribution in [2.45, 2.75) is 24.3 Å². The third-order valence-corrected chi connectivity index (χ3v) is 5.99. The lowest BCUT2D eigenvalue weighted by Gasteiger charge is -2.24. The maximum absolute atomic E-state index is 13.1. The minimum Gasteiger partial charge on any atom is -0.263 e. The number of nitrogens with zero attached hydrogens (tertiary/aromatic N) is 1. The molecule has 0 aliphatic carbocycles. The highest BCUT2D eigenvalue weighted by atomic mass is 35.5. The van der Waals surface area contributed by atoms with Gasteiger partial charge in [0, 0.05) is 6.04 Å². The number of rotatable bonds is 2. The van der Waals surface area contributed by atoms with Crippen molar-refractivity contribution < 1.29 is 12.8 Å². The Labute approximate surface area is 128 Å². The zero-order chi connectivity index (χ0) is 15.2. The standard InChI is InChI=1S/C15H13ClFNO2S/c1-10-8-11-4-2-3-5-14(11)18(10)21(19,20)15-7-6-12(17)9-13(15)16/h2-7,9-10H,8H2,1H3. The van der Waals surface area contributed by atoms with Gasteiger partial charge in [-0.25, -0.2) is 12.8 Å². The van der Waals surface area contributed by atoms with Crippen molar-refractivity contribution in [3.05, 3.63) is 58.9 Å². The van der Waals surface area contributed by atoms with Gasteiger partial charge < -0.3 is 0 Å². The van der Waals surface area contributed by atoms with Gasteiger partial charge in [0.15, 0.2) is 0 Å². The maximum atomic E-state index is 13.1. The lowest BCUT2D eigenvalue weighted by molar-refractivity contribution is 0.583. The van der Waals surface area contributed by atoms with E-state index in [0.717, 1.165) is 17.7 Å². The van der Waals surface area contributed by atoms with Gasteiger partial charge in [-0.1, -0.05) is 29.8 Å². The van der Waals surface area contributed by atoms with Gasteiger partial charge in [-0.05, 0) is 43.2 Å². The molecule has 3 rings (SSSR count). The van der Waals surface area contributed by atoms with Crippen molar-refractivity contribution in [2.24, 2.45) is 0 Å². The Bertz CT molecular complexity index is 807. The second kappa shape index (κ2) is 5.00. The van der Waals surface area contributed by atoms with Crippen molar-refractivity contribution in [1.29, 1.82) is 0 Å². The summed E-state index contributed by atoms with van der Waals surface area (Å²) in [4.78, 5) is -0.0749. The monoisotopic (exact) mass is 325 g/mol. The van der Waals surface area contributed by atoms with Crippen LogP contribution in [0.25, 0.3) is 0 Å². The molecule has 110 valence electrons. The first kappa shape index (κ1) is 14.4. The molecule has 0 radical (unpaired) electrons. The fourth-order valence-corrected chi connectivity index (χ4v) is 4.90. The molecule has 6 heteroatoms.